The van der Waals surface area contributed by atoms with Crippen LogP contribution in [0.25, 0.3) is 0 Å². The SMILES string of the molecule is COC(=O)c1c(F)cccc1CN. The molecule has 4 heteroatoms. The molecule has 0 saturated carbocycles. The van der Waals surface area contributed by atoms with Crippen LogP contribution in [0, 0.1) is 5.82 Å². The van der Waals surface area contributed by atoms with E-state index in [1.165, 1.54) is 19.2 Å². The number of methoxy groups -OCH3 is 1. The number of rotatable bonds is 2. The molecule has 0 aliphatic heterocycles. The van der Waals surface area contributed by atoms with Crippen molar-refractivity contribution in [2.45, 2.75) is 6.54 Å². The molecule has 13 heavy (non-hydrogen) atoms. The van der Waals surface area contributed by atoms with Crippen LogP contribution in [0.1, 0.15) is 15.9 Å². The first kappa shape index (κ1) is 9.67. The van der Waals surface area contributed by atoms with Crippen LogP contribution in [0.4, 0.5) is 4.39 Å². The van der Waals surface area contributed by atoms with Crippen LogP contribution in [0.5, 0.6) is 0 Å². The lowest BCUT2D eigenvalue weighted by Crippen LogP contribution is -2.11. The molecule has 0 saturated heterocycles. The Labute approximate surface area is 75.3 Å². The summed E-state index contributed by atoms with van der Waals surface area (Å²) in [4.78, 5) is 11.1. The predicted octanol–water partition coefficient (Wildman–Crippen LogP) is 1.07. The van der Waals surface area contributed by atoms with Gasteiger partial charge in [-0.05, 0) is 11.6 Å². The highest BCUT2D eigenvalue weighted by Crippen LogP contribution is 2.13. The minimum Gasteiger partial charge on any atom is -0.465 e. The maximum absolute atomic E-state index is 13.1. The van der Waals surface area contributed by atoms with E-state index in [0.717, 1.165) is 0 Å². The minimum atomic E-state index is -0.696. The van der Waals surface area contributed by atoms with Gasteiger partial charge in [-0.2, -0.15) is 0 Å². The molecule has 70 valence electrons. The second-order valence-electron chi connectivity index (χ2n) is 2.47. The van der Waals surface area contributed by atoms with Crippen molar-refractivity contribution in [1.82, 2.24) is 0 Å². The Hall–Kier alpha value is -1.42. The number of benzene rings is 1. The fourth-order valence-electron chi connectivity index (χ4n) is 1.07. The van der Waals surface area contributed by atoms with Crippen molar-refractivity contribution >= 4 is 5.97 Å². The second kappa shape index (κ2) is 4.00. The molecule has 0 amide bonds. The number of halogens is 1. The number of nitrogens with two attached hydrogens (primary N) is 1. The zero-order valence-corrected chi connectivity index (χ0v) is 7.21. The average Bonchev–Trinajstić information content (AvgIpc) is 2.16. The maximum atomic E-state index is 13.1. The van der Waals surface area contributed by atoms with E-state index in [2.05, 4.69) is 4.74 Å². The van der Waals surface area contributed by atoms with Crippen LogP contribution in [0.2, 0.25) is 0 Å². The van der Waals surface area contributed by atoms with Crippen molar-refractivity contribution in [3.8, 4) is 0 Å². The van der Waals surface area contributed by atoms with Crippen molar-refractivity contribution in [3.63, 3.8) is 0 Å². The van der Waals surface area contributed by atoms with Crippen LogP contribution in [-0.2, 0) is 11.3 Å². The van der Waals surface area contributed by atoms with E-state index in [9.17, 15) is 9.18 Å². The molecule has 0 spiro atoms. The van der Waals surface area contributed by atoms with Gasteiger partial charge in [0.15, 0.2) is 0 Å². The number of esters is 1. The van der Waals surface area contributed by atoms with Crippen LogP contribution >= 0.6 is 0 Å². The third kappa shape index (κ3) is 1.84. The zero-order valence-electron chi connectivity index (χ0n) is 7.21. The smallest absolute Gasteiger partial charge is 0.341 e. The van der Waals surface area contributed by atoms with Gasteiger partial charge in [0.25, 0.3) is 0 Å². The summed E-state index contributed by atoms with van der Waals surface area (Å²) in [7, 11) is 1.20. The van der Waals surface area contributed by atoms with Gasteiger partial charge >= 0.3 is 5.97 Å². The molecule has 0 bridgehead atoms. The van der Waals surface area contributed by atoms with E-state index in [4.69, 9.17) is 5.73 Å². The Kier molecular flexibility index (Phi) is 2.97. The van der Waals surface area contributed by atoms with Gasteiger partial charge in [0.1, 0.15) is 5.82 Å². The molecular formula is C9H10FNO2. The lowest BCUT2D eigenvalue weighted by atomic mass is 10.1. The van der Waals surface area contributed by atoms with Crippen molar-refractivity contribution in [1.29, 1.82) is 0 Å². The van der Waals surface area contributed by atoms with Gasteiger partial charge in [0.05, 0.1) is 12.7 Å². The zero-order chi connectivity index (χ0) is 9.84. The van der Waals surface area contributed by atoms with Gasteiger partial charge < -0.3 is 10.5 Å². The Morgan fingerprint density at radius 3 is 2.85 bits per heavy atom. The summed E-state index contributed by atoms with van der Waals surface area (Å²) >= 11 is 0. The summed E-state index contributed by atoms with van der Waals surface area (Å²) in [5, 5.41) is 0. The fraction of sp³-hybridized carbons (Fsp3) is 0.222. The normalized spacial score (nSPS) is 9.77. The van der Waals surface area contributed by atoms with E-state index in [1.54, 1.807) is 6.07 Å². The molecule has 0 aliphatic carbocycles. The predicted molar refractivity (Wildman–Crippen MR) is 45.6 cm³/mol. The molecule has 0 radical (unpaired) electrons. The number of carbonyl (C=O) groups excluding carboxylic acids is 1. The molecule has 0 fully saturated rings. The first-order chi connectivity index (χ1) is 6.20. The minimum absolute atomic E-state index is 0.0764. The Balaban J connectivity index is 3.22. The highest BCUT2D eigenvalue weighted by molar-refractivity contribution is 5.91. The second-order valence-corrected chi connectivity index (χ2v) is 2.47. The van der Waals surface area contributed by atoms with Crippen LogP contribution in [0.3, 0.4) is 0 Å². The van der Waals surface area contributed by atoms with E-state index in [0.29, 0.717) is 5.56 Å². The van der Waals surface area contributed by atoms with E-state index < -0.39 is 11.8 Å². The van der Waals surface area contributed by atoms with E-state index in [-0.39, 0.29) is 12.1 Å². The first-order valence-electron chi connectivity index (χ1n) is 3.76. The standard InChI is InChI=1S/C9H10FNO2/c1-13-9(12)8-6(5-11)3-2-4-7(8)10/h2-4H,5,11H2,1H3. The highest BCUT2D eigenvalue weighted by atomic mass is 19.1. The number of hydrogen-bond acceptors (Lipinski definition) is 3. The molecule has 0 atom stereocenters. The quantitative estimate of drug-likeness (QED) is 0.698. The van der Waals surface area contributed by atoms with E-state index in [1.807, 2.05) is 0 Å². The van der Waals surface area contributed by atoms with Gasteiger partial charge in [-0.3, -0.25) is 0 Å². The third-order valence-corrected chi connectivity index (χ3v) is 1.71. The van der Waals surface area contributed by atoms with Crippen molar-refractivity contribution in [2.75, 3.05) is 7.11 Å². The molecule has 1 aromatic rings. The van der Waals surface area contributed by atoms with Crippen molar-refractivity contribution in [3.05, 3.63) is 35.1 Å². The summed E-state index contributed by atoms with van der Waals surface area (Å²) < 4.78 is 17.5. The lowest BCUT2D eigenvalue weighted by Gasteiger charge is -2.05. The molecule has 0 aliphatic rings. The largest absolute Gasteiger partial charge is 0.465 e. The highest BCUT2D eigenvalue weighted by Gasteiger charge is 2.15. The van der Waals surface area contributed by atoms with Gasteiger partial charge in [-0.15, -0.1) is 0 Å². The summed E-state index contributed by atoms with van der Waals surface area (Å²) in [5.41, 5.74) is 5.71. The summed E-state index contributed by atoms with van der Waals surface area (Å²) in [6, 6.07) is 4.30. The van der Waals surface area contributed by atoms with Gasteiger partial charge in [0, 0.05) is 6.54 Å². The number of hydrogen-bond donors (Lipinski definition) is 1. The van der Waals surface area contributed by atoms with Gasteiger partial charge in [-0.25, -0.2) is 9.18 Å². The molecule has 1 rings (SSSR count). The lowest BCUT2D eigenvalue weighted by molar-refractivity contribution is 0.0594. The van der Waals surface area contributed by atoms with Crippen molar-refractivity contribution in [2.24, 2.45) is 5.73 Å². The fourth-order valence-corrected chi connectivity index (χ4v) is 1.07. The number of carbonyl (C=O) groups is 1. The van der Waals surface area contributed by atoms with Gasteiger partial charge in [-0.1, -0.05) is 12.1 Å². The Morgan fingerprint density at radius 1 is 1.62 bits per heavy atom. The van der Waals surface area contributed by atoms with Crippen LogP contribution in [-0.4, -0.2) is 13.1 Å². The molecule has 0 unspecified atom stereocenters. The summed E-state index contributed by atoms with van der Waals surface area (Å²) in [5.74, 6) is -1.30. The van der Waals surface area contributed by atoms with Gasteiger partial charge in [0.2, 0.25) is 0 Å². The molecule has 3 nitrogen and oxygen atoms in total. The first-order valence-corrected chi connectivity index (χ1v) is 3.76. The molecule has 2 N–H and O–H groups in total. The molecular weight excluding hydrogens is 173 g/mol. The summed E-state index contributed by atoms with van der Waals surface area (Å²) in [6.07, 6.45) is 0. The Bertz CT molecular complexity index is 325. The summed E-state index contributed by atoms with van der Waals surface area (Å²) in [6.45, 7) is 0.113. The molecule has 1 aromatic carbocycles. The average molecular weight is 183 g/mol. The third-order valence-electron chi connectivity index (χ3n) is 1.71. The topological polar surface area (TPSA) is 52.3 Å². The monoisotopic (exact) mass is 183 g/mol. The Morgan fingerprint density at radius 2 is 2.31 bits per heavy atom. The molecule has 0 aromatic heterocycles. The maximum Gasteiger partial charge on any atom is 0.341 e. The van der Waals surface area contributed by atoms with Crippen LogP contribution < -0.4 is 5.73 Å². The van der Waals surface area contributed by atoms with E-state index >= 15 is 0 Å². The number of ether oxygens (including phenoxy) is 1. The molecule has 0 heterocycles. The van der Waals surface area contributed by atoms with Crippen LogP contribution in [0.15, 0.2) is 18.2 Å². The van der Waals surface area contributed by atoms with Crippen molar-refractivity contribution < 1.29 is 13.9 Å².